The first-order valence-electron chi connectivity index (χ1n) is 6.72. The maximum absolute atomic E-state index is 6.12. The summed E-state index contributed by atoms with van der Waals surface area (Å²) in [6.45, 7) is 5.99. The second-order valence-corrected chi connectivity index (χ2v) is 5.35. The minimum Gasteiger partial charge on any atom is -0.349 e. The Kier molecular flexibility index (Phi) is 4.07. The van der Waals surface area contributed by atoms with Gasteiger partial charge in [-0.1, -0.05) is 0 Å². The van der Waals surface area contributed by atoms with Crippen molar-refractivity contribution in [2.75, 3.05) is 0 Å². The zero-order valence-corrected chi connectivity index (χ0v) is 13.5. The predicted molar refractivity (Wildman–Crippen MR) is 87.6 cm³/mol. The standard InChI is InChI=1S/C15H19N5.ClH/c1-8(16)15-11(14-9(2)18-19-10(14)3)7-13-12(17-15)5-6-20(13)4;/h5-8H,16H2,1-4H3,(H,18,19);1H/t8-;/m0./s1. The zero-order valence-electron chi connectivity index (χ0n) is 12.6. The molecule has 0 bridgehead atoms. The minimum atomic E-state index is -0.122. The van der Waals surface area contributed by atoms with Gasteiger partial charge in [-0.3, -0.25) is 5.10 Å². The molecule has 0 saturated carbocycles. The van der Waals surface area contributed by atoms with Crippen LogP contribution < -0.4 is 5.73 Å². The van der Waals surface area contributed by atoms with Gasteiger partial charge >= 0.3 is 0 Å². The number of nitrogens with one attached hydrogen (secondary N) is 1. The summed E-state index contributed by atoms with van der Waals surface area (Å²) < 4.78 is 2.07. The Balaban J connectivity index is 0.00000161. The Labute approximate surface area is 130 Å². The van der Waals surface area contributed by atoms with Gasteiger partial charge < -0.3 is 10.3 Å². The van der Waals surface area contributed by atoms with Gasteiger partial charge in [-0.05, 0) is 32.9 Å². The van der Waals surface area contributed by atoms with E-state index in [2.05, 4.69) is 20.8 Å². The molecule has 1 atom stereocenters. The molecule has 3 N–H and O–H groups in total. The average Bonchev–Trinajstić information content (AvgIpc) is 2.92. The Morgan fingerprint density at radius 1 is 1.33 bits per heavy atom. The summed E-state index contributed by atoms with van der Waals surface area (Å²) in [5.74, 6) is 0. The number of hydrogen-bond acceptors (Lipinski definition) is 3. The van der Waals surface area contributed by atoms with Gasteiger partial charge in [0.2, 0.25) is 0 Å². The summed E-state index contributed by atoms with van der Waals surface area (Å²) in [4.78, 5) is 4.75. The van der Waals surface area contributed by atoms with E-state index in [-0.39, 0.29) is 18.4 Å². The highest BCUT2D eigenvalue weighted by molar-refractivity contribution is 5.85. The van der Waals surface area contributed by atoms with Crippen LogP contribution in [0, 0.1) is 13.8 Å². The molecule has 0 aromatic carbocycles. The highest BCUT2D eigenvalue weighted by Gasteiger charge is 2.18. The fourth-order valence-corrected chi connectivity index (χ4v) is 2.69. The normalized spacial score (nSPS) is 12.4. The highest BCUT2D eigenvalue weighted by atomic mass is 35.5. The van der Waals surface area contributed by atoms with Gasteiger partial charge in [-0.25, -0.2) is 4.98 Å². The van der Waals surface area contributed by atoms with E-state index in [1.54, 1.807) is 0 Å². The molecule has 6 heteroatoms. The molecule has 0 saturated heterocycles. The Morgan fingerprint density at radius 3 is 2.62 bits per heavy atom. The third-order valence-corrected chi connectivity index (χ3v) is 3.73. The van der Waals surface area contributed by atoms with Crippen LogP contribution in [-0.2, 0) is 7.05 Å². The van der Waals surface area contributed by atoms with E-state index >= 15 is 0 Å². The van der Waals surface area contributed by atoms with Crippen molar-refractivity contribution < 1.29 is 0 Å². The largest absolute Gasteiger partial charge is 0.349 e. The van der Waals surface area contributed by atoms with Gasteiger partial charge in [0.25, 0.3) is 0 Å². The number of hydrogen-bond donors (Lipinski definition) is 2. The third kappa shape index (κ3) is 2.43. The van der Waals surface area contributed by atoms with Crippen LogP contribution in [-0.4, -0.2) is 19.7 Å². The van der Waals surface area contributed by atoms with Crippen molar-refractivity contribution in [3.8, 4) is 11.1 Å². The number of nitrogens with two attached hydrogens (primary N) is 1. The Morgan fingerprint density at radius 2 is 2.05 bits per heavy atom. The van der Waals surface area contributed by atoms with Gasteiger partial charge in [0.15, 0.2) is 0 Å². The minimum absolute atomic E-state index is 0. The number of rotatable bonds is 2. The van der Waals surface area contributed by atoms with Crippen molar-refractivity contribution in [2.24, 2.45) is 12.8 Å². The summed E-state index contributed by atoms with van der Waals surface area (Å²) in [7, 11) is 2.02. The van der Waals surface area contributed by atoms with E-state index in [0.717, 1.165) is 39.2 Å². The third-order valence-electron chi connectivity index (χ3n) is 3.73. The van der Waals surface area contributed by atoms with E-state index in [9.17, 15) is 0 Å². The molecule has 0 aliphatic heterocycles. The monoisotopic (exact) mass is 305 g/mol. The van der Waals surface area contributed by atoms with E-state index in [1.807, 2.05) is 40.1 Å². The number of H-pyrrole nitrogens is 1. The van der Waals surface area contributed by atoms with E-state index in [4.69, 9.17) is 10.7 Å². The van der Waals surface area contributed by atoms with Gasteiger partial charge in [-0.15, -0.1) is 12.4 Å². The smallest absolute Gasteiger partial charge is 0.0885 e. The molecule has 0 aliphatic carbocycles. The molecule has 3 rings (SSSR count). The Hall–Kier alpha value is -1.85. The number of aromatic amines is 1. The molecule has 0 unspecified atom stereocenters. The lowest BCUT2D eigenvalue weighted by atomic mass is 9.98. The molecule has 3 aromatic rings. The Bertz CT molecular complexity index is 765. The van der Waals surface area contributed by atoms with E-state index in [1.165, 1.54) is 0 Å². The van der Waals surface area contributed by atoms with Crippen molar-refractivity contribution in [1.82, 2.24) is 19.7 Å². The molecule has 5 nitrogen and oxygen atoms in total. The predicted octanol–water partition coefficient (Wildman–Crippen LogP) is 3.02. The first-order valence-corrected chi connectivity index (χ1v) is 6.72. The van der Waals surface area contributed by atoms with Crippen LogP contribution in [0.4, 0.5) is 0 Å². The fourth-order valence-electron chi connectivity index (χ4n) is 2.69. The molecule has 3 aromatic heterocycles. The van der Waals surface area contributed by atoms with Crippen LogP contribution in [0.5, 0.6) is 0 Å². The molecule has 3 heterocycles. The van der Waals surface area contributed by atoms with Crippen LogP contribution >= 0.6 is 12.4 Å². The lowest BCUT2D eigenvalue weighted by Crippen LogP contribution is -2.10. The summed E-state index contributed by atoms with van der Waals surface area (Å²) in [6, 6.07) is 4.05. The van der Waals surface area contributed by atoms with E-state index < -0.39 is 0 Å². The van der Waals surface area contributed by atoms with Crippen molar-refractivity contribution in [3.63, 3.8) is 0 Å². The molecule has 0 amide bonds. The van der Waals surface area contributed by atoms with Crippen molar-refractivity contribution >= 4 is 23.4 Å². The molecule has 0 fully saturated rings. The molecule has 0 radical (unpaired) electrons. The average molecular weight is 306 g/mol. The second kappa shape index (κ2) is 5.50. The van der Waals surface area contributed by atoms with Crippen LogP contribution in [0.1, 0.15) is 30.0 Å². The lowest BCUT2D eigenvalue weighted by molar-refractivity contribution is 0.788. The SMILES string of the molecule is Cc1n[nH]c(C)c1-c1cc2c(ccn2C)nc1[C@H](C)N.Cl. The van der Waals surface area contributed by atoms with Gasteiger partial charge in [0.05, 0.1) is 22.4 Å². The van der Waals surface area contributed by atoms with Gasteiger partial charge in [-0.2, -0.15) is 5.10 Å². The molecule has 0 spiro atoms. The van der Waals surface area contributed by atoms with Gasteiger partial charge in [0, 0.05) is 36.1 Å². The highest BCUT2D eigenvalue weighted by Crippen LogP contribution is 2.32. The number of aromatic nitrogens is 4. The van der Waals surface area contributed by atoms with Crippen molar-refractivity contribution in [2.45, 2.75) is 26.8 Å². The van der Waals surface area contributed by atoms with Crippen LogP contribution in [0.15, 0.2) is 18.3 Å². The zero-order chi connectivity index (χ0) is 14.4. The number of fused-ring (bicyclic) bond motifs is 1. The summed E-state index contributed by atoms with van der Waals surface area (Å²) in [5.41, 5.74) is 13.3. The lowest BCUT2D eigenvalue weighted by Gasteiger charge is -2.13. The first kappa shape index (κ1) is 15.5. The second-order valence-electron chi connectivity index (χ2n) is 5.35. The van der Waals surface area contributed by atoms with Crippen LogP contribution in [0.2, 0.25) is 0 Å². The summed E-state index contributed by atoms with van der Waals surface area (Å²) in [6.07, 6.45) is 2.02. The molecule has 0 aliphatic rings. The maximum atomic E-state index is 6.12. The fraction of sp³-hybridized carbons (Fsp3) is 0.333. The number of aryl methyl sites for hydroxylation is 3. The summed E-state index contributed by atoms with van der Waals surface area (Å²) in [5, 5.41) is 7.32. The van der Waals surface area contributed by atoms with E-state index in [0.29, 0.717) is 0 Å². The molecule has 112 valence electrons. The number of halogens is 1. The molecule has 21 heavy (non-hydrogen) atoms. The maximum Gasteiger partial charge on any atom is 0.0885 e. The molecular weight excluding hydrogens is 286 g/mol. The van der Waals surface area contributed by atoms with Crippen molar-refractivity contribution in [3.05, 3.63) is 35.4 Å². The summed E-state index contributed by atoms with van der Waals surface area (Å²) >= 11 is 0. The number of pyridine rings is 1. The van der Waals surface area contributed by atoms with Crippen LogP contribution in [0.25, 0.3) is 22.2 Å². The quantitative estimate of drug-likeness (QED) is 0.764. The topological polar surface area (TPSA) is 72.5 Å². The number of nitrogens with zero attached hydrogens (tertiary/aromatic N) is 3. The van der Waals surface area contributed by atoms with Gasteiger partial charge in [0.1, 0.15) is 0 Å². The first-order chi connectivity index (χ1) is 9.49. The van der Waals surface area contributed by atoms with Crippen LogP contribution in [0.3, 0.4) is 0 Å². The van der Waals surface area contributed by atoms with Crippen molar-refractivity contribution in [1.29, 1.82) is 0 Å². The molecular formula is C15H20ClN5.